The van der Waals surface area contributed by atoms with Gasteiger partial charge in [0.05, 0.1) is 11.1 Å². The molecule has 1 fully saturated rings. The molecule has 6 heteroatoms. The summed E-state index contributed by atoms with van der Waals surface area (Å²) in [7, 11) is 0. The van der Waals surface area contributed by atoms with E-state index in [0.717, 1.165) is 26.2 Å². The van der Waals surface area contributed by atoms with Crippen molar-refractivity contribution in [2.24, 2.45) is 0 Å². The van der Waals surface area contributed by atoms with Crippen molar-refractivity contribution >= 4 is 22.7 Å². The van der Waals surface area contributed by atoms with Gasteiger partial charge in [0, 0.05) is 32.2 Å². The number of benzene rings is 1. The zero-order chi connectivity index (χ0) is 13.4. The van der Waals surface area contributed by atoms with Crippen LogP contribution < -0.4 is 5.32 Å². The summed E-state index contributed by atoms with van der Waals surface area (Å²) in [6, 6.07) is 2.87. The molecule has 2 aromatic rings. The van der Waals surface area contributed by atoms with Crippen molar-refractivity contribution in [3.05, 3.63) is 28.9 Å². The van der Waals surface area contributed by atoms with Crippen molar-refractivity contribution in [2.75, 3.05) is 26.2 Å². The number of halogens is 2. The molecule has 1 aromatic carbocycles. The maximum absolute atomic E-state index is 13.4. The van der Waals surface area contributed by atoms with Crippen molar-refractivity contribution in [3.63, 3.8) is 0 Å². The summed E-state index contributed by atoms with van der Waals surface area (Å²) >= 11 is 5.75. The highest BCUT2D eigenvalue weighted by molar-refractivity contribution is 6.31. The predicted molar refractivity (Wildman–Crippen MR) is 71.8 cm³/mol. The number of nitrogens with one attached hydrogen (secondary N) is 1. The number of nitrogens with zero attached hydrogens (tertiary/aromatic N) is 2. The summed E-state index contributed by atoms with van der Waals surface area (Å²) in [5.74, 6) is 0.130. The van der Waals surface area contributed by atoms with Gasteiger partial charge in [0.1, 0.15) is 11.3 Å². The van der Waals surface area contributed by atoms with E-state index in [0.29, 0.717) is 17.0 Å². The van der Waals surface area contributed by atoms with E-state index in [2.05, 4.69) is 15.2 Å². The van der Waals surface area contributed by atoms with Crippen LogP contribution in [-0.2, 0) is 0 Å². The molecule has 2 heterocycles. The molecule has 102 valence electrons. The van der Waals surface area contributed by atoms with Crippen LogP contribution in [0.3, 0.4) is 0 Å². The van der Waals surface area contributed by atoms with E-state index < -0.39 is 5.82 Å². The zero-order valence-corrected chi connectivity index (χ0v) is 11.4. The van der Waals surface area contributed by atoms with Crippen molar-refractivity contribution in [3.8, 4) is 0 Å². The summed E-state index contributed by atoms with van der Waals surface area (Å²) in [6.07, 6.45) is 0. The second kappa shape index (κ2) is 5.07. The average molecular weight is 284 g/mol. The van der Waals surface area contributed by atoms with Gasteiger partial charge in [-0.25, -0.2) is 9.37 Å². The van der Waals surface area contributed by atoms with Crippen LogP contribution in [0.2, 0.25) is 5.02 Å². The number of rotatable bonds is 2. The molecule has 1 atom stereocenters. The zero-order valence-electron chi connectivity index (χ0n) is 10.6. The summed E-state index contributed by atoms with van der Waals surface area (Å²) < 4.78 is 19.0. The van der Waals surface area contributed by atoms with Gasteiger partial charge in [0.15, 0.2) is 5.58 Å². The minimum Gasteiger partial charge on any atom is -0.439 e. The highest BCUT2D eigenvalue weighted by Gasteiger charge is 2.22. The largest absolute Gasteiger partial charge is 0.439 e. The lowest BCUT2D eigenvalue weighted by Crippen LogP contribution is -2.44. The van der Waals surface area contributed by atoms with E-state index in [1.807, 2.05) is 6.92 Å². The maximum Gasteiger partial charge on any atom is 0.212 e. The summed E-state index contributed by atoms with van der Waals surface area (Å²) in [6.45, 7) is 5.88. The lowest BCUT2D eigenvalue weighted by Gasteiger charge is -2.30. The van der Waals surface area contributed by atoms with Gasteiger partial charge in [0.2, 0.25) is 5.89 Å². The maximum atomic E-state index is 13.4. The van der Waals surface area contributed by atoms with Gasteiger partial charge in [-0.15, -0.1) is 0 Å². The van der Waals surface area contributed by atoms with Gasteiger partial charge in [-0.2, -0.15) is 0 Å². The van der Waals surface area contributed by atoms with E-state index in [-0.39, 0.29) is 11.1 Å². The molecule has 3 rings (SSSR count). The Balaban J connectivity index is 1.91. The van der Waals surface area contributed by atoms with E-state index in [1.54, 1.807) is 0 Å². The quantitative estimate of drug-likeness (QED) is 0.920. The third kappa shape index (κ3) is 2.45. The van der Waals surface area contributed by atoms with Crippen LogP contribution in [0.15, 0.2) is 16.5 Å². The Hall–Kier alpha value is -1.17. The van der Waals surface area contributed by atoms with Gasteiger partial charge in [-0.1, -0.05) is 11.6 Å². The number of aromatic nitrogens is 1. The SMILES string of the molecule is CC(c1nc2cc(Cl)c(F)cc2o1)N1CCNCC1. The fourth-order valence-corrected chi connectivity index (χ4v) is 2.50. The first kappa shape index (κ1) is 12.8. The fourth-order valence-electron chi connectivity index (χ4n) is 2.35. The van der Waals surface area contributed by atoms with E-state index in [4.69, 9.17) is 16.0 Å². The monoisotopic (exact) mass is 283 g/mol. The third-order valence-electron chi connectivity index (χ3n) is 3.50. The highest BCUT2D eigenvalue weighted by atomic mass is 35.5. The molecular formula is C13H15ClFN3O. The number of piperazine rings is 1. The van der Waals surface area contributed by atoms with Crippen molar-refractivity contribution in [1.29, 1.82) is 0 Å². The van der Waals surface area contributed by atoms with Crippen LogP contribution >= 0.6 is 11.6 Å². The van der Waals surface area contributed by atoms with Crippen molar-refractivity contribution in [2.45, 2.75) is 13.0 Å². The standard InChI is InChI=1S/C13H15ClFN3O/c1-8(18-4-2-16-3-5-18)13-17-11-6-9(14)10(15)7-12(11)19-13/h6-8,16H,2-5H2,1H3. The molecule has 1 N–H and O–H groups in total. The molecule has 19 heavy (non-hydrogen) atoms. The summed E-state index contributed by atoms with van der Waals surface area (Å²) in [5, 5.41) is 3.37. The molecule has 1 unspecified atom stereocenters. The smallest absolute Gasteiger partial charge is 0.212 e. The molecular weight excluding hydrogens is 269 g/mol. The fraction of sp³-hybridized carbons (Fsp3) is 0.462. The molecule has 0 amide bonds. The molecule has 1 aliphatic heterocycles. The molecule has 0 aliphatic carbocycles. The molecule has 0 radical (unpaired) electrons. The Kier molecular flexibility index (Phi) is 3.43. The van der Waals surface area contributed by atoms with Gasteiger partial charge in [-0.3, -0.25) is 4.90 Å². The second-order valence-electron chi connectivity index (χ2n) is 4.75. The van der Waals surface area contributed by atoms with Crippen LogP contribution in [0.4, 0.5) is 4.39 Å². The predicted octanol–water partition coefficient (Wildman–Crippen LogP) is 2.59. The van der Waals surface area contributed by atoms with Crippen LogP contribution in [0.25, 0.3) is 11.1 Å². The molecule has 1 saturated heterocycles. The van der Waals surface area contributed by atoms with E-state index >= 15 is 0 Å². The molecule has 1 aliphatic rings. The summed E-state index contributed by atoms with van der Waals surface area (Å²) in [5.41, 5.74) is 1.04. The first-order valence-corrected chi connectivity index (χ1v) is 6.73. The molecule has 0 saturated carbocycles. The molecule has 4 nitrogen and oxygen atoms in total. The van der Waals surface area contributed by atoms with Crippen LogP contribution in [0, 0.1) is 5.82 Å². The van der Waals surface area contributed by atoms with Crippen molar-refractivity contribution < 1.29 is 8.81 Å². The highest BCUT2D eigenvalue weighted by Crippen LogP contribution is 2.27. The second-order valence-corrected chi connectivity index (χ2v) is 5.16. The molecule has 0 spiro atoms. The first-order valence-electron chi connectivity index (χ1n) is 6.35. The Bertz CT molecular complexity index is 556. The lowest BCUT2D eigenvalue weighted by atomic mass is 10.2. The topological polar surface area (TPSA) is 41.3 Å². The normalized spacial score (nSPS) is 18.9. The Morgan fingerprint density at radius 1 is 1.42 bits per heavy atom. The number of oxazole rings is 1. The van der Waals surface area contributed by atoms with Crippen LogP contribution in [0.5, 0.6) is 0 Å². The Morgan fingerprint density at radius 2 is 2.16 bits per heavy atom. The lowest BCUT2D eigenvalue weighted by molar-refractivity contribution is 0.164. The molecule has 0 bridgehead atoms. The Morgan fingerprint density at radius 3 is 2.89 bits per heavy atom. The van der Waals surface area contributed by atoms with E-state index in [9.17, 15) is 4.39 Å². The average Bonchev–Trinajstić information content (AvgIpc) is 2.82. The van der Waals surface area contributed by atoms with E-state index in [1.165, 1.54) is 12.1 Å². The first-order chi connectivity index (χ1) is 9.15. The molecule has 1 aromatic heterocycles. The third-order valence-corrected chi connectivity index (χ3v) is 3.79. The van der Waals surface area contributed by atoms with Crippen molar-refractivity contribution in [1.82, 2.24) is 15.2 Å². The summed E-state index contributed by atoms with van der Waals surface area (Å²) in [4.78, 5) is 6.70. The van der Waals surface area contributed by atoms with Crippen LogP contribution in [0.1, 0.15) is 18.9 Å². The Labute approximate surface area is 115 Å². The van der Waals surface area contributed by atoms with Crippen LogP contribution in [-0.4, -0.2) is 36.1 Å². The van der Waals surface area contributed by atoms with Gasteiger partial charge >= 0.3 is 0 Å². The van der Waals surface area contributed by atoms with Gasteiger partial charge in [0.25, 0.3) is 0 Å². The number of hydrogen-bond donors (Lipinski definition) is 1. The van der Waals surface area contributed by atoms with Gasteiger partial charge < -0.3 is 9.73 Å². The minimum absolute atomic E-state index is 0.0715. The minimum atomic E-state index is -0.480. The number of fused-ring (bicyclic) bond motifs is 1. The number of hydrogen-bond acceptors (Lipinski definition) is 4. The van der Waals surface area contributed by atoms with Gasteiger partial charge in [-0.05, 0) is 13.0 Å².